The van der Waals surface area contributed by atoms with Crippen LogP contribution in [0.25, 0.3) is 11.0 Å². The summed E-state index contributed by atoms with van der Waals surface area (Å²) in [4.78, 5) is 16.7. The molecule has 0 aliphatic heterocycles. The fourth-order valence-electron chi connectivity index (χ4n) is 3.11. The SMILES string of the molecule is O=C(CSCc1ccccc1)Nc1cccc(Cn2cnc3ccccc32)c1. The first-order chi connectivity index (χ1) is 13.8. The van der Waals surface area contributed by atoms with Gasteiger partial charge in [0.25, 0.3) is 0 Å². The lowest BCUT2D eigenvalue weighted by molar-refractivity contribution is -0.113. The molecule has 1 amide bonds. The molecule has 28 heavy (non-hydrogen) atoms. The normalized spacial score (nSPS) is 10.9. The minimum Gasteiger partial charge on any atom is -0.326 e. The number of para-hydroxylation sites is 2. The lowest BCUT2D eigenvalue weighted by Crippen LogP contribution is -2.14. The van der Waals surface area contributed by atoms with E-state index in [0.29, 0.717) is 12.3 Å². The van der Waals surface area contributed by atoms with Crippen molar-refractivity contribution in [2.75, 3.05) is 11.1 Å². The van der Waals surface area contributed by atoms with E-state index in [2.05, 4.69) is 39.1 Å². The zero-order chi connectivity index (χ0) is 19.2. The first-order valence-electron chi connectivity index (χ1n) is 9.18. The number of aromatic nitrogens is 2. The average Bonchev–Trinajstić information content (AvgIpc) is 3.12. The molecular weight excluding hydrogens is 366 g/mol. The molecule has 140 valence electrons. The Hall–Kier alpha value is -3.05. The molecule has 1 aromatic heterocycles. The Morgan fingerprint density at radius 2 is 1.71 bits per heavy atom. The van der Waals surface area contributed by atoms with Gasteiger partial charge in [-0.15, -0.1) is 11.8 Å². The van der Waals surface area contributed by atoms with Crippen LogP contribution in [-0.4, -0.2) is 21.2 Å². The molecule has 0 fully saturated rings. The van der Waals surface area contributed by atoms with Gasteiger partial charge in [-0.2, -0.15) is 0 Å². The Kier molecular flexibility index (Phi) is 5.73. The number of carbonyl (C=O) groups excluding carboxylic acids is 1. The van der Waals surface area contributed by atoms with Gasteiger partial charge in [0.2, 0.25) is 5.91 Å². The van der Waals surface area contributed by atoms with Gasteiger partial charge in [-0.3, -0.25) is 4.79 Å². The summed E-state index contributed by atoms with van der Waals surface area (Å²) in [6.07, 6.45) is 1.86. The van der Waals surface area contributed by atoms with Gasteiger partial charge >= 0.3 is 0 Å². The van der Waals surface area contributed by atoms with E-state index in [1.54, 1.807) is 11.8 Å². The lowest BCUT2D eigenvalue weighted by Gasteiger charge is -2.09. The number of thioether (sulfide) groups is 1. The molecule has 0 unspecified atom stereocenters. The van der Waals surface area contributed by atoms with E-state index in [4.69, 9.17) is 0 Å². The van der Waals surface area contributed by atoms with Gasteiger partial charge < -0.3 is 9.88 Å². The second-order valence-corrected chi connectivity index (χ2v) is 7.57. The summed E-state index contributed by atoms with van der Waals surface area (Å²) >= 11 is 1.62. The van der Waals surface area contributed by atoms with E-state index in [1.807, 2.05) is 60.9 Å². The quantitative estimate of drug-likeness (QED) is 0.488. The third-order valence-electron chi connectivity index (χ3n) is 4.44. The number of nitrogens with zero attached hydrogens (tertiary/aromatic N) is 2. The van der Waals surface area contributed by atoms with Gasteiger partial charge in [0, 0.05) is 18.0 Å². The Balaban J connectivity index is 1.35. The highest BCUT2D eigenvalue weighted by molar-refractivity contribution is 7.99. The number of imidazole rings is 1. The molecule has 0 aliphatic rings. The van der Waals surface area contributed by atoms with Gasteiger partial charge in [-0.05, 0) is 35.4 Å². The van der Waals surface area contributed by atoms with Crippen molar-refractivity contribution in [3.63, 3.8) is 0 Å². The molecule has 5 heteroatoms. The van der Waals surface area contributed by atoms with Crippen LogP contribution in [0, 0.1) is 0 Å². The van der Waals surface area contributed by atoms with Crippen molar-refractivity contribution in [1.29, 1.82) is 0 Å². The number of rotatable bonds is 7. The molecule has 4 nitrogen and oxygen atoms in total. The summed E-state index contributed by atoms with van der Waals surface area (Å²) in [6.45, 7) is 0.715. The summed E-state index contributed by atoms with van der Waals surface area (Å²) in [6, 6.07) is 26.3. The van der Waals surface area contributed by atoms with Crippen molar-refractivity contribution >= 4 is 34.4 Å². The first kappa shape index (κ1) is 18.3. The van der Waals surface area contributed by atoms with Crippen LogP contribution in [0.2, 0.25) is 0 Å². The highest BCUT2D eigenvalue weighted by Crippen LogP contribution is 2.17. The molecule has 0 atom stereocenters. The lowest BCUT2D eigenvalue weighted by atomic mass is 10.2. The molecule has 1 N–H and O–H groups in total. The first-order valence-corrected chi connectivity index (χ1v) is 10.3. The maximum atomic E-state index is 12.3. The number of hydrogen-bond donors (Lipinski definition) is 1. The number of fused-ring (bicyclic) bond motifs is 1. The molecule has 0 saturated heterocycles. The fraction of sp³-hybridized carbons (Fsp3) is 0.130. The van der Waals surface area contributed by atoms with Gasteiger partial charge in [0.1, 0.15) is 0 Å². The molecular formula is C23H21N3OS. The van der Waals surface area contributed by atoms with Crippen molar-refractivity contribution in [2.24, 2.45) is 0 Å². The maximum Gasteiger partial charge on any atom is 0.234 e. The van der Waals surface area contributed by atoms with Gasteiger partial charge in [-0.1, -0.05) is 54.6 Å². The number of benzene rings is 3. The Labute approximate surface area is 168 Å². The van der Waals surface area contributed by atoms with E-state index >= 15 is 0 Å². The molecule has 0 aliphatic carbocycles. The van der Waals surface area contributed by atoms with E-state index in [9.17, 15) is 4.79 Å². The third-order valence-corrected chi connectivity index (χ3v) is 5.44. The summed E-state index contributed by atoms with van der Waals surface area (Å²) in [5.74, 6) is 1.29. The number of amides is 1. The summed E-state index contributed by atoms with van der Waals surface area (Å²) in [5, 5.41) is 3.00. The number of carbonyl (C=O) groups is 1. The van der Waals surface area contributed by atoms with Crippen LogP contribution < -0.4 is 5.32 Å². The molecule has 4 rings (SSSR count). The predicted octanol–water partition coefficient (Wildman–Crippen LogP) is 4.96. The van der Waals surface area contributed by atoms with Crippen LogP contribution in [0.3, 0.4) is 0 Å². The molecule has 0 radical (unpaired) electrons. The highest BCUT2D eigenvalue weighted by atomic mass is 32.2. The van der Waals surface area contributed by atoms with Gasteiger partial charge in [-0.25, -0.2) is 4.98 Å². The van der Waals surface area contributed by atoms with Crippen LogP contribution in [0.4, 0.5) is 5.69 Å². The van der Waals surface area contributed by atoms with Crippen LogP contribution >= 0.6 is 11.8 Å². The van der Waals surface area contributed by atoms with Gasteiger partial charge in [0.15, 0.2) is 0 Å². The monoisotopic (exact) mass is 387 g/mol. The van der Waals surface area contributed by atoms with Crippen LogP contribution in [-0.2, 0) is 17.1 Å². The van der Waals surface area contributed by atoms with E-state index in [1.165, 1.54) is 5.56 Å². The van der Waals surface area contributed by atoms with Crippen molar-refractivity contribution in [1.82, 2.24) is 9.55 Å². The van der Waals surface area contributed by atoms with E-state index in [0.717, 1.165) is 28.0 Å². The van der Waals surface area contributed by atoms with Crippen molar-refractivity contribution in [3.05, 3.63) is 96.3 Å². The number of nitrogens with one attached hydrogen (secondary N) is 1. The molecule has 4 aromatic rings. The zero-order valence-corrected chi connectivity index (χ0v) is 16.2. The standard InChI is InChI=1S/C23H21N3OS/c27-23(16-28-15-18-7-2-1-3-8-18)25-20-10-6-9-19(13-20)14-26-17-24-21-11-4-5-12-22(21)26/h1-13,17H,14-16H2,(H,25,27). The maximum absolute atomic E-state index is 12.3. The summed E-state index contributed by atoms with van der Waals surface area (Å²) in [7, 11) is 0. The molecule has 3 aromatic carbocycles. The average molecular weight is 388 g/mol. The number of hydrogen-bond acceptors (Lipinski definition) is 3. The Morgan fingerprint density at radius 1 is 0.929 bits per heavy atom. The summed E-state index contributed by atoms with van der Waals surface area (Å²) < 4.78 is 2.12. The molecule has 0 bridgehead atoms. The molecule has 0 saturated carbocycles. The van der Waals surface area contributed by atoms with Crippen LogP contribution in [0.1, 0.15) is 11.1 Å². The summed E-state index contributed by atoms with van der Waals surface area (Å²) in [5.41, 5.74) is 5.27. The van der Waals surface area contributed by atoms with Gasteiger partial charge in [0.05, 0.1) is 23.1 Å². The molecule has 1 heterocycles. The minimum absolute atomic E-state index is 0.0196. The van der Waals surface area contributed by atoms with Crippen molar-refractivity contribution in [2.45, 2.75) is 12.3 Å². The largest absolute Gasteiger partial charge is 0.326 e. The Bertz CT molecular complexity index is 1080. The highest BCUT2D eigenvalue weighted by Gasteiger charge is 2.06. The second kappa shape index (κ2) is 8.76. The molecule has 0 spiro atoms. The zero-order valence-electron chi connectivity index (χ0n) is 15.4. The van der Waals surface area contributed by atoms with Crippen LogP contribution in [0.15, 0.2) is 85.2 Å². The third kappa shape index (κ3) is 4.61. The number of anilines is 1. The Morgan fingerprint density at radius 3 is 2.61 bits per heavy atom. The smallest absolute Gasteiger partial charge is 0.234 e. The topological polar surface area (TPSA) is 46.9 Å². The second-order valence-electron chi connectivity index (χ2n) is 6.59. The fourth-order valence-corrected chi connectivity index (χ4v) is 3.90. The minimum atomic E-state index is 0.0196. The van der Waals surface area contributed by atoms with Crippen LogP contribution in [0.5, 0.6) is 0 Å². The van der Waals surface area contributed by atoms with Crippen molar-refractivity contribution < 1.29 is 4.79 Å². The van der Waals surface area contributed by atoms with Crippen molar-refractivity contribution in [3.8, 4) is 0 Å². The van der Waals surface area contributed by atoms with E-state index in [-0.39, 0.29) is 5.91 Å². The predicted molar refractivity (Wildman–Crippen MR) is 117 cm³/mol. The van der Waals surface area contributed by atoms with E-state index < -0.39 is 0 Å².